The summed E-state index contributed by atoms with van der Waals surface area (Å²) in [7, 11) is 0. The van der Waals surface area contributed by atoms with Gasteiger partial charge in [0.2, 0.25) is 0 Å². The average Bonchev–Trinajstić information content (AvgIpc) is 2.41. The van der Waals surface area contributed by atoms with Crippen molar-refractivity contribution in [3.8, 4) is 0 Å². The van der Waals surface area contributed by atoms with Gasteiger partial charge in [0, 0.05) is 5.02 Å². The summed E-state index contributed by atoms with van der Waals surface area (Å²) in [5.41, 5.74) is 5.10. The molecule has 0 N–H and O–H groups in total. The molecule has 1 atom stereocenters. The van der Waals surface area contributed by atoms with Crippen LogP contribution in [0.3, 0.4) is 0 Å². The minimum Gasteiger partial charge on any atom is -0.0843 e. The number of halogens is 2. The van der Waals surface area contributed by atoms with E-state index in [2.05, 4.69) is 67.0 Å². The van der Waals surface area contributed by atoms with Gasteiger partial charge in [0.15, 0.2) is 0 Å². The molecular weight excluding hydrogens is 320 g/mol. The van der Waals surface area contributed by atoms with Gasteiger partial charge in [0.05, 0.1) is 4.83 Å². The van der Waals surface area contributed by atoms with Crippen LogP contribution in [0.4, 0.5) is 0 Å². The molecule has 2 heteroatoms. The maximum atomic E-state index is 6.09. The van der Waals surface area contributed by atoms with Gasteiger partial charge >= 0.3 is 0 Å². The monoisotopic (exact) mass is 336 g/mol. The molecule has 2 aromatic carbocycles. The summed E-state index contributed by atoms with van der Waals surface area (Å²) in [5, 5.41) is 0.781. The fourth-order valence-electron chi connectivity index (χ4n) is 2.11. The van der Waals surface area contributed by atoms with E-state index in [4.69, 9.17) is 11.6 Å². The average molecular weight is 338 g/mol. The first-order valence-corrected chi connectivity index (χ1v) is 7.78. The highest BCUT2D eigenvalue weighted by Crippen LogP contribution is 2.34. The Morgan fingerprint density at radius 3 is 2.11 bits per heavy atom. The number of hydrogen-bond acceptors (Lipinski definition) is 0. The van der Waals surface area contributed by atoms with E-state index in [1.165, 1.54) is 22.3 Å². The van der Waals surface area contributed by atoms with E-state index in [1.54, 1.807) is 0 Å². The van der Waals surface area contributed by atoms with E-state index in [1.807, 2.05) is 12.1 Å². The molecule has 19 heavy (non-hydrogen) atoms. The van der Waals surface area contributed by atoms with Gasteiger partial charge in [-0.15, -0.1) is 0 Å². The molecule has 0 aliphatic carbocycles. The molecule has 1 unspecified atom stereocenters. The number of alkyl halides is 1. The van der Waals surface area contributed by atoms with Crippen molar-refractivity contribution in [3.63, 3.8) is 0 Å². The summed E-state index contributed by atoms with van der Waals surface area (Å²) in [6.45, 7) is 6.53. The van der Waals surface area contributed by atoms with E-state index in [0.29, 0.717) is 5.92 Å². The zero-order chi connectivity index (χ0) is 14.0. The smallest absolute Gasteiger partial charge is 0.0647 e. The Morgan fingerprint density at radius 2 is 1.53 bits per heavy atom. The Hall–Kier alpha value is -0.790. The molecule has 0 amide bonds. The van der Waals surface area contributed by atoms with Crippen molar-refractivity contribution in [1.29, 1.82) is 0 Å². The minimum absolute atomic E-state index is 0.187. The second-order valence-electron chi connectivity index (χ2n) is 5.18. The summed E-state index contributed by atoms with van der Waals surface area (Å²) in [6.07, 6.45) is 0. The van der Waals surface area contributed by atoms with Crippen LogP contribution in [0.1, 0.15) is 46.8 Å². The van der Waals surface area contributed by atoms with Crippen LogP contribution in [-0.2, 0) is 0 Å². The van der Waals surface area contributed by atoms with Gasteiger partial charge in [0.25, 0.3) is 0 Å². The molecule has 2 aromatic rings. The van der Waals surface area contributed by atoms with Gasteiger partial charge in [0.1, 0.15) is 0 Å². The van der Waals surface area contributed by atoms with E-state index < -0.39 is 0 Å². The quantitative estimate of drug-likeness (QED) is 0.580. The van der Waals surface area contributed by atoms with E-state index in [-0.39, 0.29) is 4.83 Å². The lowest BCUT2D eigenvalue weighted by atomic mass is 9.97. The van der Waals surface area contributed by atoms with Crippen molar-refractivity contribution < 1.29 is 0 Å². The van der Waals surface area contributed by atoms with Crippen molar-refractivity contribution >= 4 is 27.5 Å². The van der Waals surface area contributed by atoms with Crippen molar-refractivity contribution in [3.05, 3.63) is 69.7 Å². The lowest BCUT2D eigenvalue weighted by Gasteiger charge is -2.15. The van der Waals surface area contributed by atoms with Gasteiger partial charge in [-0.05, 0) is 47.2 Å². The van der Waals surface area contributed by atoms with Crippen LogP contribution in [0.15, 0.2) is 42.5 Å². The normalized spacial score (nSPS) is 12.7. The fraction of sp³-hybridized carbons (Fsp3) is 0.294. The topological polar surface area (TPSA) is 0 Å². The van der Waals surface area contributed by atoms with Crippen molar-refractivity contribution in [2.45, 2.75) is 31.5 Å². The molecule has 2 rings (SSSR count). The Balaban J connectivity index is 2.33. The van der Waals surface area contributed by atoms with Crippen molar-refractivity contribution in [2.24, 2.45) is 0 Å². The summed E-state index contributed by atoms with van der Waals surface area (Å²) in [5.74, 6) is 0.565. The fourth-order valence-corrected chi connectivity index (χ4v) is 3.09. The summed E-state index contributed by atoms with van der Waals surface area (Å²) in [4.78, 5) is 0.187. The molecule has 0 saturated heterocycles. The molecule has 0 aromatic heterocycles. The van der Waals surface area contributed by atoms with Crippen LogP contribution in [0.2, 0.25) is 5.02 Å². The minimum atomic E-state index is 0.187. The molecule has 0 bridgehead atoms. The van der Waals surface area contributed by atoms with Crippen LogP contribution in [0.5, 0.6) is 0 Å². The molecule has 0 aliphatic heterocycles. The Kier molecular flexibility index (Phi) is 4.70. The van der Waals surface area contributed by atoms with E-state index >= 15 is 0 Å². The van der Waals surface area contributed by atoms with Gasteiger partial charge < -0.3 is 0 Å². The lowest BCUT2D eigenvalue weighted by Crippen LogP contribution is -1.97. The molecule has 0 saturated carbocycles. The van der Waals surface area contributed by atoms with Crippen LogP contribution >= 0.6 is 27.5 Å². The zero-order valence-electron chi connectivity index (χ0n) is 11.5. The van der Waals surface area contributed by atoms with E-state index in [9.17, 15) is 0 Å². The molecule has 0 heterocycles. The number of hydrogen-bond donors (Lipinski definition) is 0. The highest BCUT2D eigenvalue weighted by atomic mass is 79.9. The lowest BCUT2D eigenvalue weighted by molar-refractivity contribution is 0.865. The maximum absolute atomic E-state index is 6.09. The van der Waals surface area contributed by atoms with Gasteiger partial charge in [-0.2, -0.15) is 0 Å². The van der Waals surface area contributed by atoms with Gasteiger partial charge in [-0.3, -0.25) is 0 Å². The third kappa shape index (κ3) is 3.40. The second-order valence-corrected chi connectivity index (χ2v) is 6.54. The molecule has 0 spiro atoms. The molecule has 100 valence electrons. The maximum Gasteiger partial charge on any atom is 0.0647 e. The molecular formula is C17H18BrCl. The first-order valence-electron chi connectivity index (χ1n) is 6.49. The Labute approximate surface area is 128 Å². The first kappa shape index (κ1) is 14.6. The standard InChI is InChI=1S/C17H18BrCl/c1-11(2)13-5-7-14(8-6-13)17(18)16-10-15(19)9-4-12(16)3/h4-11,17H,1-3H3. The molecule has 0 fully saturated rings. The molecule has 0 nitrogen and oxygen atoms in total. The third-order valence-corrected chi connectivity index (χ3v) is 4.67. The SMILES string of the molecule is Cc1ccc(Cl)cc1C(Br)c1ccc(C(C)C)cc1. The van der Waals surface area contributed by atoms with Gasteiger partial charge in [-0.1, -0.05) is 71.7 Å². The summed E-state index contributed by atoms with van der Waals surface area (Å²) < 4.78 is 0. The molecule has 0 aliphatic rings. The predicted molar refractivity (Wildman–Crippen MR) is 87.5 cm³/mol. The van der Waals surface area contributed by atoms with Crippen LogP contribution in [0.25, 0.3) is 0 Å². The highest BCUT2D eigenvalue weighted by molar-refractivity contribution is 9.09. The summed E-state index contributed by atoms with van der Waals surface area (Å²) in [6, 6.07) is 14.8. The number of benzene rings is 2. The van der Waals surface area contributed by atoms with Crippen molar-refractivity contribution in [1.82, 2.24) is 0 Å². The van der Waals surface area contributed by atoms with Crippen LogP contribution in [0, 0.1) is 6.92 Å². The summed E-state index contributed by atoms with van der Waals surface area (Å²) >= 11 is 9.88. The largest absolute Gasteiger partial charge is 0.0843 e. The zero-order valence-corrected chi connectivity index (χ0v) is 13.8. The number of rotatable bonds is 3. The van der Waals surface area contributed by atoms with E-state index in [0.717, 1.165) is 5.02 Å². The van der Waals surface area contributed by atoms with Crippen LogP contribution < -0.4 is 0 Å². The number of aryl methyl sites for hydroxylation is 1. The Bertz CT molecular complexity index is 558. The molecule has 0 radical (unpaired) electrons. The highest BCUT2D eigenvalue weighted by Gasteiger charge is 2.13. The van der Waals surface area contributed by atoms with Crippen LogP contribution in [-0.4, -0.2) is 0 Å². The first-order chi connectivity index (χ1) is 8.99. The second kappa shape index (κ2) is 6.11. The van der Waals surface area contributed by atoms with Crippen molar-refractivity contribution in [2.75, 3.05) is 0 Å². The predicted octanol–water partition coefficient (Wildman–Crippen LogP) is 6.26. The van der Waals surface area contributed by atoms with Gasteiger partial charge in [-0.25, -0.2) is 0 Å². The third-order valence-electron chi connectivity index (χ3n) is 3.41. The Morgan fingerprint density at radius 1 is 0.947 bits per heavy atom.